The maximum absolute atomic E-state index is 7.06. The summed E-state index contributed by atoms with van der Waals surface area (Å²) in [6, 6.07) is 142. The highest BCUT2D eigenvalue weighted by Crippen LogP contribution is 2.58. The lowest BCUT2D eigenvalue weighted by atomic mass is 9.81. The van der Waals surface area contributed by atoms with E-state index >= 15 is 0 Å². The average Bonchev–Trinajstić information content (AvgIpc) is 1.55. The van der Waals surface area contributed by atoms with Crippen LogP contribution in [0.3, 0.4) is 0 Å². The van der Waals surface area contributed by atoms with Gasteiger partial charge < -0.3 is 28.4 Å². The third-order valence-corrected chi connectivity index (χ3v) is 34.2. The van der Waals surface area contributed by atoms with Crippen LogP contribution in [-0.2, 0) is 10.8 Å². The van der Waals surface area contributed by atoms with E-state index in [2.05, 4.69) is 462 Å². The van der Waals surface area contributed by atoms with E-state index in [9.17, 15) is 0 Å². The summed E-state index contributed by atoms with van der Waals surface area (Å²) in [5, 5.41) is 17.9. The largest absolute Gasteiger partial charge is 0.456 e. The van der Waals surface area contributed by atoms with Crippen LogP contribution in [0.4, 0.5) is 68.2 Å². The van der Waals surface area contributed by atoms with Crippen molar-refractivity contribution in [3.8, 4) is 44.9 Å². The number of rotatable bonds is 12. The first-order valence-electron chi connectivity index (χ1n) is 42.7. The van der Waals surface area contributed by atoms with Crippen molar-refractivity contribution < 1.29 is 8.83 Å². The quantitative estimate of drug-likeness (QED) is 0.0897. The highest BCUT2D eigenvalue weighted by Gasteiger charge is 2.46. The van der Waals surface area contributed by atoms with Crippen molar-refractivity contribution in [2.24, 2.45) is 0 Å². The van der Waals surface area contributed by atoms with E-state index in [0.29, 0.717) is 0 Å². The van der Waals surface area contributed by atoms with Gasteiger partial charge in [0.2, 0.25) is 0 Å². The van der Waals surface area contributed by atoms with Gasteiger partial charge in [-0.05, 0) is 231 Å². The van der Waals surface area contributed by atoms with Crippen LogP contribution in [0, 0.1) is 0 Å². The average molecular weight is 1600 g/mol. The van der Waals surface area contributed by atoms with Crippen molar-refractivity contribution in [1.82, 2.24) is 0 Å². The van der Waals surface area contributed by atoms with Crippen LogP contribution < -0.4 is 40.3 Å². The summed E-state index contributed by atoms with van der Waals surface area (Å²) >= 11 is 0. The maximum Gasteiger partial charge on any atom is 0.135 e. The summed E-state index contributed by atoms with van der Waals surface area (Å²) in [5.41, 5.74) is 28.4. The monoisotopic (exact) mass is 1600 g/mol. The molecule has 122 heavy (non-hydrogen) atoms. The Morgan fingerprint density at radius 2 is 0.533 bits per heavy atom. The number of anilines is 12. The van der Waals surface area contributed by atoms with Gasteiger partial charge in [-0.25, -0.2) is 0 Å². The molecule has 0 atom stereocenters. The Bertz CT molecular complexity index is 7670. The highest BCUT2D eigenvalue weighted by molar-refractivity contribution is 7.05. The minimum Gasteiger partial charge on any atom is -0.456 e. The molecule has 4 heterocycles. The Balaban J connectivity index is 0.000000142. The smallest absolute Gasteiger partial charge is 0.135 e. The lowest BCUT2D eigenvalue weighted by molar-refractivity contribution is 0.634. The van der Waals surface area contributed by atoms with E-state index in [0.717, 1.165) is 79.6 Å². The molecule has 0 spiro atoms. The number of benzene rings is 18. The molecule has 0 fully saturated rings. The molecule has 0 bridgehead atoms. The predicted octanol–water partition coefficient (Wildman–Crippen LogP) is 29.6. The molecule has 0 N–H and O–H groups in total. The summed E-state index contributed by atoms with van der Waals surface area (Å²) in [6.45, 7) is 19.5. The molecule has 4 aliphatic rings. The van der Waals surface area contributed by atoms with E-state index in [1.807, 2.05) is 0 Å². The normalized spacial score (nSPS) is 14.2. The Morgan fingerprint density at radius 1 is 0.221 bits per heavy atom. The molecule has 24 rings (SSSR count). The molecule has 2 aliphatic carbocycles. The maximum atomic E-state index is 7.06. The summed E-state index contributed by atoms with van der Waals surface area (Å²) in [5.74, 6) is 2.03. The van der Waals surface area contributed by atoms with Gasteiger partial charge in [0.15, 0.2) is 0 Å². The van der Waals surface area contributed by atoms with Crippen LogP contribution in [0.2, 0.25) is 26.2 Å². The van der Waals surface area contributed by atoms with Gasteiger partial charge in [0.05, 0.1) is 22.7 Å². The molecule has 20 aromatic rings. The van der Waals surface area contributed by atoms with E-state index in [1.54, 1.807) is 0 Å². The zero-order chi connectivity index (χ0) is 82.1. The molecular formula is C114H88N4O2Si2. The van der Waals surface area contributed by atoms with Crippen LogP contribution in [-0.4, -0.2) is 16.1 Å². The Morgan fingerprint density at radius 3 is 0.934 bits per heavy atom. The van der Waals surface area contributed by atoms with Crippen molar-refractivity contribution in [3.63, 3.8) is 0 Å². The van der Waals surface area contributed by atoms with Gasteiger partial charge in [-0.3, -0.25) is 0 Å². The number of furan rings is 2. The van der Waals surface area contributed by atoms with E-state index < -0.39 is 16.1 Å². The SMILES string of the molecule is CC1(C)c2ccccc2-c2cccc(N(c3ccccc3)c3ccc4c(c3)-c3oc5ccc(N(c6ccccc6)c6cccc7c6C(C)(C)c6ccccc6-7)cc5c3[Si]4(C)C)c21.C[Si]1(C)c2ccc(N(c3ccccc3)c3cccc4c3ccc3ccccc34)cc2-c2oc3ccc(N(c4ccccc4)c4cccc5c4ccc4ccccc45)cc3c21. The number of nitrogens with zero attached hydrogens (tertiary/aromatic N) is 4. The fourth-order valence-electron chi connectivity index (χ4n) is 21.6. The number of fused-ring (bicyclic) bond motifs is 22. The highest BCUT2D eigenvalue weighted by atomic mass is 28.3. The Hall–Kier alpha value is -14.3. The Labute approximate surface area is 713 Å². The van der Waals surface area contributed by atoms with Crippen molar-refractivity contribution in [2.75, 3.05) is 19.6 Å². The third kappa shape index (κ3) is 11.1. The van der Waals surface area contributed by atoms with E-state index in [-0.39, 0.29) is 10.8 Å². The first-order chi connectivity index (χ1) is 59.6. The molecule has 0 unspecified atom stereocenters. The molecule has 0 saturated heterocycles. The molecule has 0 amide bonds. The van der Waals surface area contributed by atoms with Gasteiger partial charge in [-0.1, -0.05) is 309 Å². The van der Waals surface area contributed by atoms with Gasteiger partial charge in [-0.2, -0.15) is 0 Å². The zero-order valence-electron chi connectivity index (χ0n) is 69.6. The zero-order valence-corrected chi connectivity index (χ0v) is 71.6. The second-order valence-corrected chi connectivity index (χ2v) is 44.0. The van der Waals surface area contributed by atoms with Crippen molar-refractivity contribution in [2.45, 2.75) is 64.7 Å². The number of para-hydroxylation sites is 4. The second-order valence-electron chi connectivity index (χ2n) is 35.4. The van der Waals surface area contributed by atoms with Crippen LogP contribution in [0.1, 0.15) is 49.9 Å². The van der Waals surface area contributed by atoms with Crippen LogP contribution in [0.25, 0.3) is 110 Å². The van der Waals surface area contributed by atoms with Crippen molar-refractivity contribution in [1.29, 1.82) is 0 Å². The minimum atomic E-state index is -2.22. The molecule has 6 nitrogen and oxygen atoms in total. The molecule has 584 valence electrons. The van der Waals surface area contributed by atoms with Crippen LogP contribution in [0.15, 0.2) is 397 Å². The van der Waals surface area contributed by atoms with E-state index in [4.69, 9.17) is 8.83 Å². The molecular weight excluding hydrogens is 1510 g/mol. The molecule has 2 aromatic heterocycles. The summed E-state index contributed by atoms with van der Waals surface area (Å²) < 4.78 is 14.1. The standard InChI is InChI=1S/C58H48N2OSi.C56H40N2OSi/c1-57(2)47-27-15-13-23-41(47)43-25-17-29-49(53(43)57)59(37-19-9-7-10-20-37)39-31-33-51-45(35-39)56-55(61-51)46-36-40(32-34-52(46)62(56,5)6)60(38-21-11-8-12-22-38)50-30-18-26-44-42-24-14-16-28-48(42)58(3,4)54(44)50;1-60(2)54-34-30-42(58(40-19-7-4-8-20-40)52-26-14-24-46-44-22-12-10-16-38(44)28-32-48(46)52)36-50(54)55-56(60)49-35-41(29-33-53(49)59-55)57(39-17-5-3-6-18-39)51-25-13-23-45-43-21-11-9-15-37(43)27-31-47(45)51/h7-36H,1-6H3;3-36H,1-2H3. The second kappa shape index (κ2) is 27.6. The predicted molar refractivity (Wildman–Crippen MR) is 521 cm³/mol. The first kappa shape index (κ1) is 72.9. The van der Waals surface area contributed by atoms with Gasteiger partial charge in [0.25, 0.3) is 0 Å². The molecule has 8 heteroatoms. The topological polar surface area (TPSA) is 39.2 Å². The number of hydrogen-bond acceptors (Lipinski definition) is 6. The Kier molecular flexibility index (Phi) is 16.5. The van der Waals surface area contributed by atoms with Crippen molar-refractivity contribution >= 4 is 170 Å². The first-order valence-corrected chi connectivity index (χ1v) is 48.7. The molecule has 0 saturated carbocycles. The van der Waals surface area contributed by atoms with Gasteiger partial charge in [0.1, 0.15) is 38.8 Å². The minimum absolute atomic E-state index is 0.169. The fraction of sp³-hybridized carbons (Fsp3) is 0.0877. The number of hydrogen-bond donors (Lipinski definition) is 0. The molecule has 2 aliphatic heterocycles. The summed E-state index contributed by atoms with van der Waals surface area (Å²) in [6.07, 6.45) is 0. The lowest BCUT2D eigenvalue weighted by Crippen LogP contribution is -2.49. The summed E-state index contributed by atoms with van der Waals surface area (Å²) in [4.78, 5) is 9.76. The third-order valence-electron chi connectivity index (χ3n) is 27.1. The fourth-order valence-corrected chi connectivity index (χ4v) is 28.1. The van der Waals surface area contributed by atoms with Gasteiger partial charge >= 0.3 is 0 Å². The lowest BCUT2D eigenvalue weighted by Gasteiger charge is -2.32. The van der Waals surface area contributed by atoms with Gasteiger partial charge in [0, 0.05) is 89.0 Å². The molecule has 0 radical (unpaired) electrons. The van der Waals surface area contributed by atoms with Crippen LogP contribution >= 0.6 is 0 Å². The van der Waals surface area contributed by atoms with Crippen LogP contribution in [0.5, 0.6) is 0 Å². The van der Waals surface area contributed by atoms with E-state index in [1.165, 1.54) is 142 Å². The van der Waals surface area contributed by atoms with Gasteiger partial charge in [-0.15, -0.1) is 0 Å². The molecule has 18 aromatic carbocycles. The van der Waals surface area contributed by atoms with Crippen molar-refractivity contribution in [3.05, 3.63) is 411 Å². The summed E-state index contributed by atoms with van der Waals surface area (Å²) in [7, 11) is -4.43.